The molecule has 2 N–H and O–H groups in total. The highest BCUT2D eigenvalue weighted by molar-refractivity contribution is 9.10. The second-order valence-electron chi connectivity index (χ2n) is 6.58. The summed E-state index contributed by atoms with van der Waals surface area (Å²) in [5.74, 6) is -0.892. The maximum atomic E-state index is 12.8. The van der Waals surface area contributed by atoms with Gasteiger partial charge >= 0.3 is 5.97 Å². The van der Waals surface area contributed by atoms with E-state index in [0.717, 1.165) is 0 Å². The number of carbonyl (C=O) groups is 3. The summed E-state index contributed by atoms with van der Waals surface area (Å²) in [7, 11) is 0. The van der Waals surface area contributed by atoms with E-state index in [0.29, 0.717) is 28.9 Å². The molecule has 1 aliphatic rings. The van der Waals surface area contributed by atoms with Crippen molar-refractivity contribution in [3.8, 4) is 5.75 Å². The van der Waals surface area contributed by atoms with Gasteiger partial charge in [0.15, 0.2) is 5.11 Å². The normalized spacial score (nSPS) is 16.2. The van der Waals surface area contributed by atoms with Crippen LogP contribution in [0.2, 0.25) is 0 Å². The van der Waals surface area contributed by atoms with Crippen LogP contribution in [-0.2, 0) is 14.3 Å². The topological polar surface area (TPSA) is 97.0 Å². The molecule has 1 atom stereocenters. The maximum Gasteiger partial charge on any atom is 0.308 e. The quantitative estimate of drug-likeness (QED) is 0.469. The molecule has 0 aliphatic carbocycles. The first-order chi connectivity index (χ1) is 13.7. The van der Waals surface area contributed by atoms with Gasteiger partial charge in [-0.25, -0.2) is 0 Å². The number of piperazine rings is 1. The average Bonchev–Trinajstić information content (AvgIpc) is 2.64. The van der Waals surface area contributed by atoms with Crippen molar-refractivity contribution in [2.45, 2.75) is 39.3 Å². The molecule has 0 bridgehead atoms. The van der Waals surface area contributed by atoms with E-state index in [2.05, 4.69) is 26.6 Å². The zero-order chi connectivity index (χ0) is 21.6. The highest BCUT2D eigenvalue weighted by Gasteiger charge is 2.34. The van der Waals surface area contributed by atoms with E-state index in [1.165, 1.54) is 4.90 Å². The van der Waals surface area contributed by atoms with Gasteiger partial charge in [0.05, 0.1) is 24.7 Å². The maximum absolute atomic E-state index is 12.8. The molecule has 1 unspecified atom stereocenters. The van der Waals surface area contributed by atoms with Gasteiger partial charge in [-0.3, -0.25) is 19.7 Å². The Morgan fingerprint density at radius 1 is 1.41 bits per heavy atom. The van der Waals surface area contributed by atoms with E-state index in [1.54, 1.807) is 25.1 Å². The van der Waals surface area contributed by atoms with E-state index in [-0.39, 0.29) is 30.2 Å². The first kappa shape index (κ1) is 23.1. The second kappa shape index (κ2) is 10.5. The summed E-state index contributed by atoms with van der Waals surface area (Å²) in [5, 5.41) is 5.41. The van der Waals surface area contributed by atoms with E-state index in [4.69, 9.17) is 21.7 Å². The number of thiocarbonyl (C=S) groups is 1. The molecule has 1 aromatic rings. The summed E-state index contributed by atoms with van der Waals surface area (Å²) in [4.78, 5) is 38.5. The zero-order valence-corrected chi connectivity index (χ0v) is 18.9. The monoisotopic (exact) mass is 485 g/mol. The minimum absolute atomic E-state index is 0.0645. The van der Waals surface area contributed by atoms with Gasteiger partial charge in [-0.2, -0.15) is 0 Å². The number of carbonyl (C=O) groups excluding carboxylic acids is 3. The summed E-state index contributed by atoms with van der Waals surface area (Å²) < 4.78 is 11.4. The van der Waals surface area contributed by atoms with Crippen molar-refractivity contribution in [3.63, 3.8) is 0 Å². The molecule has 0 saturated carbocycles. The van der Waals surface area contributed by atoms with Crippen molar-refractivity contribution in [2.24, 2.45) is 0 Å². The first-order valence-corrected chi connectivity index (χ1v) is 10.4. The Hall–Kier alpha value is -2.20. The van der Waals surface area contributed by atoms with Crippen molar-refractivity contribution in [3.05, 3.63) is 28.2 Å². The Morgan fingerprint density at radius 3 is 2.79 bits per heavy atom. The van der Waals surface area contributed by atoms with Crippen LogP contribution in [0.4, 0.5) is 0 Å². The van der Waals surface area contributed by atoms with Crippen molar-refractivity contribution in [1.82, 2.24) is 15.5 Å². The van der Waals surface area contributed by atoms with Gasteiger partial charge in [-0.05, 0) is 51.2 Å². The second-order valence-corrected chi connectivity index (χ2v) is 7.88. The van der Waals surface area contributed by atoms with E-state index in [1.807, 2.05) is 13.8 Å². The fourth-order valence-corrected chi connectivity index (χ4v) is 3.48. The third kappa shape index (κ3) is 6.40. The summed E-state index contributed by atoms with van der Waals surface area (Å²) in [5.41, 5.74) is 0.304. The lowest BCUT2D eigenvalue weighted by molar-refractivity contribution is -0.147. The number of hydrogen-bond acceptors (Lipinski definition) is 6. The van der Waals surface area contributed by atoms with E-state index < -0.39 is 17.9 Å². The van der Waals surface area contributed by atoms with E-state index in [9.17, 15) is 14.4 Å². The van der Waals surface area contributed by atoms with Crippen LogP contribution in [0.25, 0.3) is 0 Å². The zero-order valence-electron chi connectivity index (χ0n) is 16.5. The van der Waals surface area contributed by atoms with Crippen LogP contribution in [0.15, 0.2) is 22.7 Å². The molecule has 0 aromatic heterocycles. The van der Waals surface area contributed by atoms with Gasteiger partial charge in [-0.1, -0.05) is 15.9 Å². The molecule has 0 spiro atoms. The molecular formula is C19H24BrN3O5S. The van der Waals surface area contributed by atoms with Gasteiger partial charge in [0, 0.05) is 17.6 Å². The molecule has 1 heterocycles. The van der Waals surface area contributed by atoms with Crippen LogP contribution in [0, 0.1) is 0 Å². The van der Waals surface area contributed by atoms with Crippen LogP contribution in [0.1, 0.15) is 37.6 Å². The van der Waals surface area contributed by atoms with E-state index >= 15 is 0 Å². The number of amides is 2. The van der Waals surface area contributed by atoms with Crippen LogP contribution >= 0.6 is 28.1 Å². The molecule has 1 aliphatic heterocycles. The SMILES string of the molecule is CCOC(=O)CC1C(=O)NCCN1C(=S)NC(=O)c1cc(Br)ccc1OC(C)C. The van der Waals surface area contributed by atoms with Gasteiger partial charge in [0.1, 0.15) is 11.8 Å². The van der Waals surface area contributed by atoms with Crippen LogP contribution in [0.5, 0.6) is 5.75 Å². The third-order valence-electron chi connectivity index (χ3n) is 4.03. The molecule has 2 rings (SSSR count). The summed E-state index contributed by atoms with van der Waals surface area (Å²) in [6, 6.07) is 4.26. The fourth-order valence-electron chi connectivity index (χ4n) is 2.81. The van der Waals surface area contributed by atoms with Crippen molar-refractivity contribution < 1.29 is 23.9 Å². The number of halogens is 1. The predicted octanol–water partition coefficient (Wildman–Crippen LogP) is 2.00. The minimum atomic E-state index is -0.843. The van der Waals surface area contributed by atoms with Gasteiger partial charge in [0.25, 0.3) is 5.91 Å². The third-order valence-corrected chi connectivity index (χ3v) is 4.86. The molecule has 1 fully saturated rings. The van der Waals surface area contributed by atoms with Gasteiger partial charge < -0.3 is 19.7 Å². The average molecular weight is 486 g/mol. The fraction of sp³-hybridized carbons (Fsp3) is 0.474. The largest absolute Gasteiger partial charge is 0.490 e. The standard InChI is InChI=1S/C19H24BrN3O5S/c1-4-27-16(24)10-14-18(26)21-7-8-23(14)19(29)22-17(25)13-9-12(20)5-6-15(13)28-11(2)3/h5-6,9,11,14H,4,7-8,10H2,1-3H3,(H,21,26)(H,22,25,29). The van der Waals surface area contributed by atoms with Crippen LogP contribution in [-0.4, -0.2) is 59.6 Å². The van der Waals surface area contributed by atoms with Crippen LogP contribution < -0.4 is 15.4 Å². The smallest absolute Gasteiger partial charge is 0.308 e. The number of nitrogens with zero attached hydrogens (tertiary/aromatic N) is 1. The lowest BCUT2D eigenvalue weighted by Crippen LogP contribution is -2.60. The van der Waals surface area contributed by atoms with Crippen molar-refractivity contribution >= 4 is 51.0 Å². The Bertz CT molecular complexity index is 802. The number of ether oxygens (including phenoxy) is 2. The van der Waals surface area contributed by atoms with Gasteiger partial charge in [-0.15, -0.1) is 0 Å². The molecule has 1 aromatic carbocycles. The lowest BCUT2D eigenvalue weighted by Gasteiger charge is -2.36. The Balaban J connectivity index is 2.17. The minimum Gasteiger partial charge on any atom is -0.490 e. The number of benzene rings is 1. The molecule has 1 saturated heterocycles. The molecule has 0 radical (unpaired) electrons. The first-order valence-electron chi connectivity index (χ1n) is 9.24. The molecule has 158 valence electrons. The number of esters is 1. The predicted molar refractivity (Wildman–Crippen MR) is 115 cm³/mol. The highest BCUT2D eigenvalue weighted by Crippen LogP contribution is 2.24. The molecule has 8 nitrogen and oxygen atoms in total. The summed E-state index contributed by atoms with van der Waals surface area (Å²) in [6.45, 7) is 6.35. The van der Waals surface area contributed by atoms with Gasteiger partial charge in [0.2, 0.25) is 5.91 Å². The Morgan fingerprint density at radius 2 is 2.14 bits per heavy atom. The Kier molecular flexibility index (Phi) is 8.39. The summed E-state index contributed by atoms with van der Waals surface area (Å²) in [6.07, 6.45) is -0.275. The molecule has 10 heteroatoms. The van der Waals surface area contributed by atoms with Crippen molar-refractivity contribution in [1.29, 1.82) is 0 Å². The molecular weight excluding hydrogens is 462 g/mol. The molecule has 2 amide bonds. The Labute approximate surface area is 183 Å². The summed E-state index contributed by atoms with van der Waals surface area (Å²) >= 11 is 8.72. The van der Waals surface area contributed by atoms with Crippen molar-refractivity contribution in [2.75, 3.05) is 19.7 Å². The number of nitrogens with one attached hydrogen (secondary N) is 2. The molecule has 29 heavy (non-hydrogen) atoms. The lowest BCUT2D eigenvalue weighted by atomic mass is 10.1. The number of rotatable bonds is 6. The highest BCUT2D eigenvalue weighted by atomic mass is 79.9. The number of hydrogen-bond donors (Lipinski definition) is 2. The van der Waals surface area contributed by atoms with Crippen LogP contribution in [0.3, 0.4) is 0 Å².